The molecule has 3 atom stereocenters. The zero-order valence-electron chi connectivity index (χ0n) is 42.3. The Balaban J connectivity index is 0.788. The molecule has 4 aromatic carbocycles. The van der Waals surface area contributed by atoms with Crippen molar-refractivity contribution in [3.8, 4) is 27.7 Å². The Labute approximate surface area is 431 Å². The number of benzene rings is 4. The van der Waals surface area contributed by atoms with Crippen molar-refractivity contribution >= 4 is 46.1 Å². The molecule has 0 radical (unpaired) electrons. The maximum atomic E-state index is 14.0. The highest BCUT2D eigenvalue weighted by molar-refractivity contribution is 7.13. The van der Waals surface area contributed by atoms with Gasteiger partial charge in [0.25, 0.3) is 0 Å². The van der Waals surface area contributed by atoms with E-state index in [2.05, 4.69) is 27.4 Å². The fourth-order valence-electron chi connectivity index (χ4n) is 9.08. The number of ether oxygens (including phenoxy) is 3. The summed E-state index contributed by atoms with van der Waals surface area (Å²) in [6.45, 7) is 13.1. The summed E-state index contributed by atoms with van der Waals surface area (Å²) in [5.74, 6) is -0.371. The minimum atomic E-state index is -0.999. The fourth-order valence-corrected chi connectivity index (χ4v) is 9.89. The van der Waals surface area contributed by atoms with Crippen LogP contribution >= 0.6 is 11.3 Å². The average Bonchev–Trinajstić information content (AvgIpc) is 4.01. The lowest BCUT2D eigenvalue weighted by molar-refractivity contribution is -0.144. The zero-order chi connectivity index (χ0) is 52.1. The monoisotopic (exact) mass is 1020 g/mol. The first kappa shape index (κ1) is 54.2. The lowest BCUT2D eigenvalue weighted by atomic mass is 9.85. The van der Waals surface area contributed by atoms with Crippen LogP contribution in [0.3, 0.4) is 0 Å². The zero-order valence-corrected chi connectivity index (χ0v) is 43.2. The molecule has 0 aliphatic carbocycles. The maximum absolute atomic E-state index is 14.0. The number of rotatable bonds is 21. The summed E-state index contributed by atoms with van der Waals surface area (Å²) >= 11 is 1.57. The number of β-amino-alcohol motifs (C(OH)–C–C–N with tert-alkyl or cyclic N) is 1. The van der Waals surface area contributed by atoms with Crippen LogP contribution in [0.15, 0.2) is 103 Å². The van der Waals surface area contributed by atoms with Gasteiger partial charge in [-0.1, -0.05) is 88.4 Å². The molecule has 73 heavy (non-hydrogen) atoms. The van der Waals surface area contributed by atoms with Crippen molar-refractivity contribution in [3.05, 3.63) is 131 Å². The summed E-state index contributed by atoms with van der Waals surface area (Å²) in [5, 5.41) is 36.2. The van der Waals surface area contributed by atoms with E-state index in [4.69, 9.17) is 14.2 Å². The number of phenols is 2. The fraction of sp³-hybridized carbons (Fsp3) is 0.411. The smallest absolute Gasteiger partial charge is 0.248 e. The third-order valence-corrected chi connectivity index (χ3v) is 14.1. The van der Waals surface area contributed by atoms with Crippen molar-refractivity contribution in [2.75, 3.05) is 72.3 Å². The first-order valence-electron chi connectivity index (χ1n) is 24.8. The van der Waals surface area contributed by atoms with Gasteiger partial charge in [-0.15, -0.1) is 11.3 Å². The second-order valence-electron chi connectivity index (χ2n) is 19.4. The number of amides is 4. The van der Waals surface area contributed by atoms with Crippen LogP contribution in [0.25, 0.3) is 21.6 Å². The number of phenolic OH excluding ortho intramolecular Hbond substituents is 2. The molecule has 4 amide bonds. The van der Waals surface area contributed by atoms with E-state index >= 15 is 0 Å². The van der Waals surface area contributed by atoms with Gasteiger partial charge in [0, 0.05) is 52.2 Å². The third kappa shape index (κ3) is 14.8. The Morgan fingerprint density at radius 2 is 1.40 bits per heavy atom. The normalized spacial score (nSPS) is 17.0. The van der Waals surface area contributed by atoms with E-state index in [1.54, 1.807) is 40.5 Å². The number of piperazine rings is 1. The van der Waals surface area contributed by atoms with Crippen LogP contribution in [0, 0.1) is 12.3 Å². The molecule has 1 unspecified atom stereocenters. The molecule has 2 fully saturated rings. The highest BCUT2D eigenvalue weighted by atomic mass is 32.1. The second kappa shape index (κ2) is 25.3. The molecule has 0 bridgehead atoms. The number of nitrogens with one attached hydrogen (secondary N) is 2. The molecule has 3 heterocycles. The van der Waals surface area contributed by atoms with Crippen molar-refractivity contribution in [3.63, 3.8) is 0 Å². The average molecular weight is 1020 g/mol. The van der Waals surface area contributed by atoms with Crippen LogP contribution in [-0.4, -0.2) is 149 Å². The van der Waals surface area contributed by atoms with Crippen LogP contribution in [0.5, 0.6) is 17.2 Å². The number of carbonyl (C=O) groups is 4. The van der Waals surface area contributed by atoms with Crippen LogP contribution in [0.1, 0.15) is 68.5 Å². The van der Waals surface area contributed by atoms with Gasteiger partial charge in [-0.2, -0.15) is 0 Å². The first-order chi connectivity index (χ1) is 35.1. The highest BCUT2D eigenvalue weighted by Gasteiger charge is 2.44. The van der Waals surface area contributed by atoms with E-state index in [9.17, 15) is 34.5 Å². The largest absolute Gasteiger partial charge is 0.508 e. The van der Waals surface area contributed by atoms with E-state index in [-0.39, 0.29) is 69.3 Å². The lowest BCUT2D eigenvalue weighted by Crippen LogP contribution is -2.58. The number of hydrogen-bond acceptors (Lipinski definition) is 13. The molecule has 2 aliphatic heterocycles. The van der Waals surface area contributed by atoms with Gasteiger partial charge >= 0.3 is 0 Å². The van der Waals surface area contributed by atoms with Crippen LogP contribution in [0.4, 0.5) is 0 Å². The summed E-state index contributed by atoms with van der Waals surface area (Å²) in [6.07, 6.45) is -0.0595. The molecule has 16 nitrogen and oxygen atoms in total. The maximum Gasteiger partial charge on any atom is 0.248 e. The predicted octanol–water partition coefficient (Wildman–Crippen LogP) is 6.26. The number of carbonyl (C=O) groups excluding carboxylic acids is 4. The minimum Gasteiger partial charge on any atom is -0.508 e. The van der Waals surface area contributed by atoms with Crippen LogP contribution in [-0.2, 0) is 35.2 Å². The van der Waals surface area contributed by atoms with Gasteiger partial charge in [0.1, 0.15) is 49.2 Å². The van der Waals surface area contributed by atoms with E-state index in [1.807, 2.05) is 106 Å². The Morgan fingerprint density at radius 1 is 0.795 bits per heavy atom. The van der Waals surface area contributed by atoms with Crippen molar-refractivity contribution in [2.24, 2.45) is 5.41 Å². The summed E-state index contributed by atoms with van der Waals surface area (Å²) < 4.78 is 17.3. The summed E-state index contributed by atoms with van der Waals surface area (Å²) in [5.41, 5.74) is 9.06. The Kier molecular flexibility index (Phi) is 18.8. The molecule has 1 aromatic heterocycles. The van der Waals surface area contributed by atoms with Crippen molar-refractivity contribution in [1.29, 1.82) is 0 Å². The Morgan fingerprint density at radius 3 is 1.99 bits per heavy atom. The SMILES string of the molecule is CCC(=C(c1ccc(O)cc1)c1ccc(OCCN2CCN(C(=O)COCCOCC(=O)NC(C(=O)N3C[C@H](O)C[C@H]3C(=O)NCc3ccc(-c4scnc4C)cc3)C(C)(C)C)CC2)cc1)c1ccc(O)cc1. The molecule has 2 saturated heterocycles. The summed E-state index contributed by atoms with van der Waals surface area (Å²) in [4.78, 5) is 64.3. The quantitative estimate of drug-likeness (QED) is 0.0408. The number of nitrogens with zero attached hydrogens (tertiary/aromatic N) is 4. The number of aromatic nitrogens is 1. The topological polar surface area (TPSA) is 203 Å². The van der Waals surface area contributed by atoms with Gasteiger partial charge < -0.3 is 50.0 Å². The predicted molar refractivity (Wildman–Crippen MR) is 281 cm³/mol. The van der Waals surface area contributed by atoms with Gasteiger partial charge in [0.05, 0.1) is 35.4 Å². The first-order valence-corrected chi connectivity index (χ1v) is 25.7. The molecule has 5 aromatic rings. The molecule has 388 valence electrons. The van der Waals surface area contributed by atoms with E-state index in [1.165, 1.54) is 4.90 Å². The van der Waals surface area contributed by atoms with Crippen molar-refractivity contribution in [2.45, 2.75) is 72.2 Å². The second-order valence-corrected chi connectivity index (χ2v) is 20.3. The highest BCUT2D eigenvalue weighted by Crippen LogP contribution is 2.36. The van der Waals surface area contributed by atoms with Gasteiger partial charge in [-0.05, 0) is 94.1 Å². The number of allylic oxidation sites excluding steroid dienone is 1. The number of aliphatic hydroxyl groups is 1. The van der Waals surface area contributed by atoms with Gasteiger partial charge in [-0.25, -0.2) is 4.98 Å². The molecular weight excluding hydrogens is 949 g/mol. The van der Waals surface area contributed by atoms with E-state index in [0.717, 1.165) is 61.7 Å². The standard InChI is InChI=1S/C56H68N6O10S/c1-6-47(39-11-17-43(63)18-12-39)51(40-13-19-44(64)20-14-40)41-15-21-46(22-16-41)72-28-27-60-23-25-61(26-24-60)50(67)35-71-30-29-70-34-49(66)59-53(56(3,4)5)55(69)62-33-45(65)31-48(62)54(68)57-32-38-7-9-42(10-8-38)52-37(2)58-36-73-52/h7-22,36,45,48,53,63-65H,6,23-35H2,1-5H3,(H,57,68)(H,59,66)/t45-,48+,53?/m1/s1. The van der Waals surface area contributed by atoms with E-state index in [0.29, 0.717) is 39.3 Å². The molecule has 17 heteroatoms. The number of aryl methyl sites for hydroxylation is 1. The number of aromatic hydroxyl groups is 2. The molecule has 2 aliphatic rings. The molecule has 0 spiro atoms. The Bertz CT molecular complexity index is 2660. The van der Waals surface area contributed by atoms with Crippen molar-refractivity contribution < 1.29 is 48.7 Å². The number of aliphatic hydroxyl groups excluding tert-OH is 1. The molecule has 5 N–H and O–H groups in total. The van der Waals surface area contributed by atoms with E-state index < -0.39 is 35.4 Å². The Hall–Kier alpha value is -6.63. The third-order valence-electron chi connectivity index (χ3n) is 13.1. The molecular formula is C56H68N6O10S. The number of hydrogen-bond donors (Lipinski definition) is 5. The lowest BCUT2D eigenvalue weighted by Gasteiger charge is -2.35. The summed E-state index contributed by atoms with van der Waals surface area (Å²) in [7, 11) is 0. The number of likely N-dealkylation sites (tertiary alicyclic amines) is 1. The van der Waals surface area contributed by atoms with Gasteiger partial charge in [0.15, 0.2) is 0 Å². The minimum absolute atomic E-state index is 0.0358. The molecule has 0 saturated carbocycles. The van der Waals surface area contributed by atoms with Crippen LogP contribution < -0.4 is 15.4 Å². The molecule has 7 rings (SSSR count). The summed E-state index contributed by atoms with van der Waals surface area (Å²) in [6, 6.07) is 28.3. The van der Waals surface area contributed by atoms with Crippen molar-refractivity contribution in [1.82, 2.24) is 30.3 Å². The van der Waals surface area contributed by atoms with Gasteiger partial charge in [0.2, 0.25) is 23.6 Å². The number of thiazole rings is 1. The van der Waals surface area contributed by atoms with Gasteiger partial charge in [-0.3, -0.25) is 24.1 Å². The van der Waals surface area contributed by atoms with Crippen LogP contribution in [0.2, 0.25) is 0 Å².